The molecule has 13 heteroatoms. The van der Waals surface area contributed by atoms with Crippen LogP contribution in [0.5, 0.6) is 5.75 Å². The van der Waals surface area contributed by atoms with Crippen LogP contribution >= 0.6 is 23.5 Å². The molecule has 57 heavy (non-hydrogen) atoms. The number of carboxylic acids is 1. The third-order valence-corrected chi connectivity index (χ3v) is 22.5. The Bertz CT molecular complexity index is 1890. The van der Waals surface area contributed by atoms with Crippen molar-refractivity contribution in [1.29, 1.82) is 0 Å². The summed E-state index contributed by atoms with van der Waals surface area (Å²) in [4.78, 5) is 55.8. The lowest BCUT2D eigenvalue weighted by molar-refractivity contribution is -0.153. The molecule has 1 aliphatic heterocycles. The number of aliphatic carboxylic acids is 1. The van der Waals surface area contributed by atoms with Crippen molar-refractivity contribution in [2.75, 3.05) is 12.4 Å². The highest BCUT2D eigenvalue weighted by atomic mass is 32.2. The quantitative estimate of drug-likeness (QED) is 0.0686. The number of thioether (sulfide) groups is 2. The second kappa shape index (κ2) is 18.1. The number of β-lactam (4-membered cyclic amide) rings is 1. The molecule has 0 bridgehead atoms. The van der Waals surface area contributed by atoms with Gasteiger partial charge in [0.2, 0.25) is 11.0 Å². The second-order valence-corrected chi connectivity index (χ2v) is 29.2. The minimum Gasteiger partial charge on any atom is -0.506 e. The average Bonchev–Trinajstić information content (AvgIpc) is 3.13. The number of rotatable bonds is 15. The SMILES string of the molecule is CCS[C@@H]1[C@@H](CCO[Si](C)(C)C(C)(C)C)C(=O)N1C(C(=O)O)=C(Oc1ccc(C(=O)O[Si](c2ccccc2)(c2ccccc2)C(C)(C)C)cc1)SC(=O)C(C)(C)C. The Labute approximate surface area is 349 Å². The van der Waals surface area contributed by atoms with Crippen LogP contribution in [-0.4, -0.2) is 67.3 Å². The summed E-state index contributed by atoms with van der Waals surface area (Å²) in [6, 6.07) is 25.9. The molecule has 1 N–H and O–H groups in total. The third kappa shape index (κ3) is 10.3. The van der Waals surface area contributed by atoms with Crippen molar-refractivity contribution in [3.63, 3.8) is 0 Å². The topological polar surface area (TPSA) is 119 Å². The summed E-state index contributed by atoms with van der Waals surface area (Å²) in [5.74, 6) is -1.90. The van der Waals surface area contributed by atoms with Crippen molar-refractivity contribution >= 4 is 73.5 Å². The average molecular weight is 850 g/mol. The molecule has 308 valence electrons. The molecule has 0 saturated carbocycles. The monoisotopic (exact) mass is 849 g/mol. The zero-order valence-electron chi connectivity index (χ0n) is 35.4. The molecule has 1 fully saturated rings. The summed E-state index contributed by atoms with van der Waals surface area (Å²) < 4.78 is 19.3. The standard InChI is InChI=1S/C44H59NO8S2Si2/c1-13-54-37-34(28-29-51-56(11,12)43(5,6)7)36(46)45(37)35(38(47)48)40(55-41(50)42(2,3)4)52-31-26-24-30(25-27-31)39(49)53-57(44(8,9)10,32-20-16-14-17-21-32)33-22-18-15-19-23-33/h14-27,34,37H,13,28-29H2,1-12H3,(H,47,48)/t34-,37+/m0/s1. The van der Waals surface area contributed by atoms with Crippen LogP contribution in [0, 0.1) is 11.3 Å². The van der Waals surface area contributed by atoms with Gasteiger partial charge in [0.1, 0.15) is 5.75 Å². The molecule has 0 radical (unpaired) electrons. The molecular formula is C44H59NO8S2Si2. The van der Waals surface area contributed by atoms with Crippen LogP contribution in [-0.2, 0) is 23.2 Å². The molecule has 3 aromatic carbocycles. The van der Waals surface area contributed by atoms with Crippen molar-refractivity contribution in [3.05, 3.63) is 101 Å². The first-order valence-electron chi connectivity index (χ1n) is 19.4. The normalized spacial score (nSPS) is 17.1. The lowest BCUT2D eigenvalue weighted by Gasteiger charge is -2.47. The van der Waals surface area contributed by atoms with Crippen molar-refractivity contribution in [3.8, 4) is 5.75 Å². The van der Waals surface area contributed by atoms with Crippen molar-refractivity contribution in [2.45, 2.75) is 104 Å². The van der Waals surface area contributed by atoms with Gasteiger partial charge in [0.05, 0.1) is 16.9 Å². The van der Waals surface area contributed by atoms with Gasteiger partial charge in [0.25, 0.3) is 0 Å². The second-order valence-electron chi connectivity index (χ2n) is 17.8. The van der Waals surface area contributed by atoms with Gasteiger partial charge >= 0.3 is 20.3 Å². The Hall–Kier alpha value is -3.63. The van der Waals surface area contributed by atoms with Crippen LogP contribution in [0.2, 0.25) is 23.2 Å². The smallest absolute Gasteiger partial charge is 0.357 e. The Balaban J connectivity index is 1.69. The Morgan fingerprint density at radius 1 is 0.789 bits per heavy atom. The number of amides is 1. The number of likely N-dealkylation sites (tertiary alicyclic amines) is 1. The Morgan fingerprint density at radius 2 is 1.32 bits per heavy atom. The molecule has 1 heterocycles. The minimum absolute atomic E-state index is 0.00404. The van der Waals surface area contributed by atoms with Gasteiger partial charge < -0.3 is 18.7 Å². The van der Waals surface area contributed by atoms with Gasteiger partial charge in [-0.3, -0.25) is 14.5 Å². The predicted octanol–water partition coefficient (Wildman–Crippen LogP) is 9.29. The van der Waals surface area contributed by atoms with Gasteiger partial charge in [-0.15, -0.1) is 11.8 Å². The molecule has 1 amide bonds. The number of hydrogen-bond donors (Lipinski definition) is 1. The van der Waals surface area contributed by atoms with Crippen molar-refractivity contribution in [1.82, 2.24) is 4.90 Å². The Morgan fingerprint density at radius 3 is 1.75 bits per heavy atom. The maximum Gasteiger partial charge on any atom is 0.357 e. The van der Waals surface area contributed by atoms with Crippen LogP contribution in [0.15, 0.2) is 95.7 Å². The zero-order valence-corrected chi connectivity index (χ0v) is 39.1. The highest BCUT2D eigenvalue weighted by Gasteiger charge is 2.54. The summed E-state index contributed by atoms with van der Waals surface area (Å²) in [5.41, 5.74) is -0.972. The van der Waals surface area contributed by atoms with Crippen LogP contribution in [0.3, 0.4) is 0 Å². The molecule has 0 spiro atoms. The van der Waals surface area contributed by atoms with Crippen LogP contribution in [0.4, 0.5) is 0 Å². The predicted molar refractivity (Wildman–Crippen MR) is 237 cm³/mol. The molecule has 3 aromatic rings. The molecule has 0 unspecified atom stereocenters. The van der Waals surface area contributed by atoms with Gasteiger partial charge in [-0.05, 0) is 81.7 Å². The number of nitrogens with zero attached hydrogens (tertiary/aromatic N) is 1. The molecule has 1 saturated heterocycles. The van der Waals surface area contributed by atoms with Gasteiger partial charge in [0, 0.05) is 12.0 Å². The lowest BCUT2D eigenvalue weighted by atomic mass is 9.94. The highest BCUT2D eigenvalue weighted by Crippen LogP contribution is 2.44. The molecule has 1 aliphatic rings. The van der Waals surface area contributed by atoms with E-state index in [0.29, 0.717) is 30.5 Å². The maximum atomic E-state index is 14.1. The number of carbonyl (C=O) groups is 4. The fraction of sp³-hybridized carbons (Fsp3) is 0.455. The summed E-state index contributed by atoms with van der Waals surface area (Å²) in [6.45, 7) is 24.6. The van der Waals surface area contributed by atoms with E-state index in [4.69, 9.17) is 13.6 Å². The summed E-state index contributed by atoms with van der Waals surface area (Å²) >= 11 is 2.12. The van der Waals surface area contributed by atoms with E-state index in [9.17, 15) is 24.3 Å². The maximum absolute atomic E-state index is 14.1. The van der Waals surface area contributed by atoms with Crippen LogP contribution in [0.1, 0.15) is 86.0 Å². The fourth-order valence-corrected chi connectivity index (χ4v) is 13.8. The number of benzene rings is 3. The molecular weight excluding hydrogens is 791 g/mol. The first kappa shape index (κ1) is 46.1. The van der Waals surface area contributed by atoms with E-state index in [-0.39, 0.29) is 32.5 Å². The van der Waals surface area contributed by atoms with E-state index in [1.165, 1.54) is 16.7 Å². The number of hydrogen-bond acceptors (Lipinski definition) is 9. The molecule has 0 aliphatic carbocycles. The summed E-state index contributed by atoms with van der Waals surface area (Å²) in [6.07, 6.45) is 0.447. The number of carbonyl (C=O) groups excluding carboxylic acids is 3. The van der Waals surface area contributed by atoms with E-state index >= 15 is 0 Å². The lowest BCUT2D eigenvalue weighted by Crippen LogP contribution is -2.67. The summed E-state index contributed by atoms with van der Waals surface area (Å²) in [7, 11) is -5.26. The molecule has 0 aromatic heterocycles. The van der Waals surface area contributed by atoms with Gasteiger partial charge in [-0.1, -0.05) is 130 Å². The largest absolute Gasteiger partial charge is 0.506 e. The van der Waals surface area contributed by atoms with Crippen molar-refractivity contribution in [2.24, 2.45) is 11.3 Å². The van der Waals surface area contributed by atoms with E-state index < -0.39 is 56.0 Å². The van der Waals surface area contributed by atoms with Gasteiger partial charge in [0.15, 0.2) is 19.1 Å². The van der Waals surface area contributed by atoms with Crippen LogP contribution < -0.4 is 15.1 Å². The first-order chi connectivity index (χ1) is 26.5. The van der Waals surface area contributed by atoms with Gasteiger partial charge in [-0.2, -0.15) is 0 Å². The first-order valence-corrected chi connectivity index (χ1v) is 26.0. The minimum atomic E-state index is -3.20. The van der Waals surface area contributed by atoms with Gasteiger partial charge in [-0.25, -0.2) is 9.59 Å². The van der Waals surface area contributed by atoms with E-state index in [1.807, 2.05) is 67.6 Å². The van der Waals surface area contributed by atoms with E-state index in [0.717, 1.165) is 10.4 Å². The molecule has 4 rings (SSSR count). The number of carboxylic acid groups (broad SMARTS) is 1. The fourth-order valence-electron chi connectivity index (χ4n) is 6.30. The van der Waals surface area contributed by atoms with Crippen molar-refractivity contribution < 1.29 is 37.9 Å². The number of ether oxygens (including phenoxy) is 1. The van der Waals surface area contributed by atoms with E-state index in [2.05, 4.69) is 54.6 Å². The summed E-state index contributed by atoms with van der Waals surface area (Å²) in [5, 5.41) is 11.1. The third-order valence-electron chi connectivity index (χ3n) is 10.6. The highest BCUT2D eigenvalue weighted by molar-refractivity contribution is 8.16. The molecule has 9 nitrogen and oxygen atoms in total. The van der Waals surface area contributed by atoms with Crippen LogP contribution in [0.25, 0.3) is 0 Å². The molecule has 2 atom stereocenters. The van der Waals surface area contributed by atoms with E-state index in [1.54, 1.807) is 45.0 Å². The zero-order chi connectivity index (χ0) is 42.6. The Kier molecular flexibility index (Phi) is 14.6.